The third-order valence-electron chi connectivity index (χ3n) is 5.36. The van der Waals surface area contributed by atoms with E-state index >= 15 is 0 Å². The van der Waals surface area contributed by atoms with Crippen LogP contribution in [0.5, 0.6) is 0 Å². The fourth-order valence-electron chi connectivity index (χ4n) is 4.03. The van der Waals surface area contributed by atoms with Crippen LogP contribution >= 0.6 is 0 Å². The van der Waals surface area contributed by atoms with E-state index in [1.54, 1.807) is 0 Å². The van der Waals surface area contributed by atoms with Gasteiger partial charge in [0.1, 0.15) is 0 Å². The molecule has 0 spiro atoms. The molecule has 1 heteroatoms. The van der Waals surface area contributed by atoms with Gasteiger partial charge in [-0.25, -0.2) is 0 Å². The molecule has 1 nitrogen and oxygen atoms in total. The predicted molar refractivity (Wildman–Crippen MR) is 79.8 cm³/mol. The van der Waals surface area contributed by atoms with Crippen molar-refractivity contribution in [3.63, 3.8) is 0 Å². The predicted octanol–water partition coefficient (Wildman–Crippen LogP) is 4.76. The maximum absolute atomic E-state index is 3.96. The van der Waals surface area contributed by atoms with E-state index in [0.717, 1.165) is 23.9 Å². The smallest absolute Gasteiger partial charge is 0.00722 e. The maximum atomic E-state index is 3.96. The van der Waals surface area contributed by atoms with Crippen LogP contribution in [0.4, 0.5) is 0 Å². The number of hydrogen-bond donors (Lipinski definition) is 1. The van der Waals surface area contributed by atoms with Crippen molar-refractivity contribution >= 4 is 0 Å². The summed E-state index contributed by atoms with van der Waals surface area (Å²) in [4.78, 5) is 0. The minimum Gasteiger partial charge on any atom is -0.311 e. The lowest BCUT2D eigenvalue weighted by Crippen LogP contribution is -2.36. The summed E-state index contributed by atoms with van der Waals surface area (Å²) in [6, 6.07) is 1.64. The summed E-state index contributed by atoms with van der Waals surface area (Å²) in [6.07, 6.45) is 11.4. The quantitative estimate of drug-likeness (QED) is 0.698. The second-order valence-corrected chi connectivity index (χ2v) is 8.05. The van der Waals surface area contributed by atoms with Crippen molar-refractivity contribution in [3.8, 4) is 0 Å². The van der Waals surface area contributed by atoms with Crippen LogP contribution in [0.25, 0.3) is 0 Å². The van der Waals surface area contributed by atoms with E-state index in [2.05, 4.69) is 33.0 Å². The highest BCUT2D eigenvalue weighted by molar-refractivity contribution is 4.85. The van der Waals surface area contributed by atoms with Crippen molar-refractivity contribution in [1.29, 1.82) is 0 Å². The van der Waals surface area contributed by atoms with E-state index in [4.69, 9.17) is 0 Å². The Bertz CT molecular complexity index is 253. The second kappa shape index (κ2) is 5.94. The van der Waals surface area contributed by atoms with Crippen LogP contribution in [-0.2, 0) is 0 Å². The van der Waals surface area contributed by atoms with Gasteiger partial charge in [0.15, 0.2) is 0 Å². The van der Waals surface area contributed by atoms with Crippen LogP contribution < -0.4 is 5.32 Å². The summed E-state index contributed by atoms with van der Waals surface area (Å²) in [5.41, 5.74) is 0.511. The summed E-state index contributed by atoms with van der Waals surface area (Å²) >= 11 is 0. The summed E-state index contributed by atoms with van der Waals surface area (Å²) in [5, 5.41) is 3.96. The van der Waals surface area contributed by atoms with Crippen LogP contribution in [0.1, 0.15) is 79.1 Å². The molecule has 2 aliphatic rings. The van der Waals surface area contributed by atoms with Crippen LogP contribution in [0, 0.1) is 17.3 Å². The normalized spacial score (nSPS) is 38.7. The Kier molecular flexibility index (Phi) is 4.75. The van der Waals surface area contributed by atoms with Crippen molar-refractivity contribution in [2.45, 2.75) is 91.1 Å². The van der Waals surface area contributed by atoms with E-state index in [1.165, 1.54) is 51.4 Å². The molecule has 2 fully saturated rings. The Morgan fingerprint density at radius 1 is 0.833 bits per heavy atom. The van der Waals surface area contributed by atoms with Gasteiger partial charge in [-0.2, -0.15) is 0 Å². The van der Waals surface area contributed by atoms with Crippen LogP contribution in [-0.4, -0.2) is 12.1 Å². The molecule has 106 valence electrons. The zero-order valence-electron chi connectivity index (χ0n) is 13.0. The number of nitrogens with one attached hydrogen (secondary N) is 1. The van der Waals surface area contributed by atoms with Gasteiger partial charge in [-0.05, 0) is 62.2 Å². The molecular weight excluding hydrogens is 218 g/mol. The van der Waals surface area contributed by atoms with Crippen molar-refractivity contribution in [1.82, 2.24) is 5.32 Å². The van der Waals surface area contributed by atoms with E-state index in [0.29, 0.717) is 5.41 Å². The number of rotatable bonds is 2. The summed E-state index contributed by atoms with van der Waals surface area (Å²) in [6.45, 7) is 9.67. The zero-order chi connectivity index (χ0) is 13.2. The second-order valence-electron chi connectivity index (χ2n) is 8.05. The molecule has 0 aromatic heterocycles. The highest BCUT2D eigenvalue weighted by Crippen LogP contribution is 2.37. The van der Waals surface area contributed by atoms with Gasteiger partial charge in [-0.3, -0.25) is 0 Å². The molecule has 18 heavy (non-hydrogen) atoms. The van der Waals surface area contributed by atoms with Gasteiger partial charge in [-0.15, -0.1) is 0 Å². The first-order valence-corrected chi connectivity index (χ1v) is 8.21. The Morgan fingerprint density at radius 3 is 2.17 bits per heavy atom. The number of hydrogen-bond acceptors (Lipinski definition) is 1. The van der Waals surface area contributed by atoms with E-state index in [9.17, 15) is 0 Å². The summed E-state index contributed by atoms with van der Waals surface area (Å²) in [5.74, 6) is 1.89. The average molecular weight is 251 g/mol. The van der Waals surface area contributed by atoms with E-state index in [1.807, 2.05) is 0 Å². The molecule has 0 saturated heterocycles. The fourth-order valence-corrected chi connectivity index (χ4v) is 4.03. The van der Waals surface area contributed by atoms with Gasteiger partial charge in [0.2, 0.25) is 0 Å². The maximum Gasteiger partial charge on any atom is 0.00722 e. The van der Waals surface area contributed by atoms with Crippen molar-refractivity contribution in [3.05, 3.63) is 0 Å². The Hall–Kier alpha value is -0.0400. The molecular formula is C17H33N. The summed E-state index contributed by atoms with van der Waals surface area (Å²) in [7, 11) is 0. The van der Waals surface area contributed by atoms with Crippen molar-refractivity contribution in [2.24, 2.45) is 17.3 Å². The van der Waals surface area contributed by atoms with E-state index in [-0.39, 0.29) is 0 Å². The Morgan fingerprint density at radius 2 is 1.56 bits per heavy atom. The highest BCUT2D eigenvalue weighted by atomic mass is 15.0. The van der Waals surface area contributed by atoms with Gasteiger partial charge in [0.05, 0.1) is 0 Å². The first-order valence-electron chi connectivity index (χ1n) is 8.21. The van der Waals surface area contributed by atoms with Gasteiger partial charge >= 0.3 is 0 Å². The summed E-state index contributed by atoms with van der Waals surface area (Å²) < 4.78 is 0. The molecule has 0 radical (unpaired) electrons. The molecule has 2 rings (SSSR count). The minimum atomic E-state index is 0.511. The van der Waals surface area contributed by atoms with Gasteiger partial charge in [0.25, 0.3) is 0 Å². The standard InChI is InChI=1S/C17H33N/c1-13-8-10-16(12-13)18-15-7-5-6-14(9-11-15)17(2,3)4/h13-16,18H,5-12H2,1-4H3. The first kappa shape index (κ1) is 14.4. The van der Waals surface area contributed by atoms with Crippen molar-refractivity contribution in [2.75, 3.05) is 0 Å². The van der Waals surface area contributed by atoms with Gasteiger partial charge < -0.3 is 5.32 Å². The monoisotopic (exact) mass is 251 g/mol. The Labute approximate surface area is 114 Å². The molecule has 0 heterocycles. The molecule has 0 aromatic carbocycles. The average Bonchev–Trinajstić information content (AvgIpc) is 2.53. The molecule has 4 unspecified atom stereocenters. The van der Waals surface area contributed by atoms with Crippen LogP contribution in [0.3, 0.4) is 0 Å². The van der Waals surface area contributed by atoms with Crippen LogP contribution in [0.2, 0.25) is 0 Å². The molecule has 0 aromatic rings. The minimum absolute atomic E-state index is 0.511. The molecule has 0 aliphatic heterocycles. The van der Waals surface area contributed by atoms with E-state index < -0.39 is 0 Å². The largest absolute Gasteiger partial charge is 0.311 e. The lowest BCUT2D eigenvalue weighted by Gasteiger charge is -2.30. The third kappa shape index (κ3) is 3.98. The fraction of sp³-hybridized carbons (Fsp3) is 1.00. The molecule has 2 aliphatic carbocycles. The lowest BCUT2D eigenvalue weighted by molar-refractivity contribution is 0.213. The zero-order valence-corrected chi connectivity index (χ0v) is 13.0. The topological polar surface area (TPSA) is 12.0 Å². The van der Waals surface area contributed by atoms with Gasteiger partial charge in [-0.1, -0.05) is 34.1 Å². The Balaban J connectivity index is 1.78. The van der Waals surface area contributed by atoms with Crippen molar-refractivity contribution < 1.29 is 0 Å². The third-order valence-corrected chi connectivity index (χ3v) is 5.36. The molecule has 0 amide bonds. The van der Waals surface area contributed by atoms with Gasteiger partial charge in [0, 0.05) is 12.1 Å². The SMILES string of the molecule is CC1CCC(NC2CCCC(C(C)(C)C)CC2)C1. The molecule has 2 saturated carbocycles. The molecule has 1 N–H and O–H groups in total. The lowest BCUT2D eigenvalue weighted by atomic mass is 9.76. The van der Waals surface area contributed by atoms with Crippen LogP contribution in [0.15, 0.2) is 0 Å². The highest BCUT2D eigenvalue weighted by Gasteiger charge is 2.29. The first-order chi connectivity index (χ1) is 8.45. The molecule has 0 bridgehead atoms. The molecule has 4 atom stereocenters.